The number of carboxylic acid groups (broad SMARTS) is 1. The number of rotatable bonds is 5. The molecule has 0 aliphatic heterocycles. The molecular formula is C17H22N2O5. The first-order chi connectivity index (χ1) is 11.2. The van der Waals surface area contributed by atoms with E-state index in [0.29, 0.717) is 5.75 Å². The van der Waals surface area contributed by atoms with Crippen molar-refractivity contribution in [3.63, 3.8) is 0 Å². The van der Waals surface area contributed by atoms with Crippen LogP contribution in [0.3, 0.4) is 0 Å². The Morgan fingerprint density at radius 2 is 2.04 bits per heavy atom. The number of fused-ring (bicyclic) bond motifs is 1. The van der Waals surface area contributed by atoms with Gasteiger partial charge >= 0.3 is 12.1 Å². The normalized spacial score (nSPS) is 12.7. The molecule has 0 spiro atoms. The van der Waals surface area contributed by atoms with Crippen LogP contribution in [0, 0.1) is 0 Å². The van der Waals surface area contributed by atoms with Crippen molar-refractivity contribution in [2.75, 3.05) is 7.11 Å². The number of hydrogen-bond acceptors (Lipinski definition) is 4. The van der Waals surface area contributed by atoms with Gasteiger partial charge in [-0.3, -0.25) is 0 Å². The van der Waals surface area contributed by atoms with E-state index in [1.807, 2.05) is 12.1 Å². The minimum absolute atomic E-state index is 0.140. The number of benzene rings is 1. The van der Waals surface area contributed by atoms with Crippen LogP contribution in [0.2, 0.25) is 0 Å². The number of amides is 1. The van der Waals surface area contributed by atoms with E-state index in [1.165, 1.54) is 0 Å². The number of ether oxygens (including phenoxy) is 2. The Kier molecular flexibility index (Phi) is 5.02. The summed E-state index contributed by atoms with van der Waals surface area (Å²) in [7, 11) is 1.58. The van der Waals surface area contributed by atoms with Crippen LogP contribution in [-0.4, -0.2) is 40.9 Å². The number of carbonyl (C=O) groups excluding carboxylic acids is 1. The SMILES string of the molecule is COc1ccc2c(CC(NC(=O)OC(C)(C)C)C(=O)O)c[nH]c2c1. The van der Waals surface area contributed by atoms with Gasteiger partial charge in [0.25, 0.3) is 0 Å². The molecule has 1 unspecified atom stereocenters. The highest BCUT2D eigenvalue weighted by Gasteiger charge is 2.25. The summed E-state index contributed by atoms with van der Waals surface area (Å²) >= 11 is 0. The number of H-pyrrole nitrogens is 1. The van der Waals surface area contributed by atoms with Gasteiger partial charge in [-0.2, -0.15) is 0 Å². The first kappa shape index (κ1) is 17.7. The first-order valence-electron chi connectivity index (χ1n) is 7.56. The fourth-order valence-corrected chi connectivity index (χ4v) is 2.33. The molecule has 24 heavy (non-hydrogen) atoms. The van der Waals surface area contributed by atoms with Crippen LogP contribution < -0.4 is 10.1 Å². The second-order valence-corrected chi connectivity index (χ2v) is 6.47. The highest BCUT2D eigenvalue weighted by Crippen LogP contribution is 2.24. The van der Waals surface area contributed by atoms with Crippen molar-refractivity contribution >= 4 is 23.0 Å². The second kappa shape index (κ2) is 6.82. The Morgan fingerprint density at radius 3 is 2.62 bits per heavy atom. The van der Waals surface area contributed by atoms with E-state index in [1.54, 1.807) is 40.1 Å². The maximum Gasteiger partial charge on any atom is 0.408 e. The predicted octanol–water partition coefficient (Wildman–Crippen LogP) is 2.70. The lowest BCUT2D eigenvalue weighted by Crippen LogP contribution is -2.44. The zero-order chi connectivity index (χ0) is 17.9. The molecule has 1 aromatic carbocycles. The van der Waals surface area contributed by atoms with Crippen molar-refractivity contribution in [3.8, 4) is 5.75 Å². The van der Waals surface area contributed by atoms with Gasteiger partial charge in [-0.15, -0.1) is 0 Å². The minimum atomic E-state index is -1.12. The number of aromatic nitrogens is 1. The van der Waals surface area contributed by atoms with E-state index < -0.39 is 23.7 Å². The molecule has 1 aromatic heterocycles. The zero-order valence-corrected chi connectivity index (χ0v) is 14.2. The number of carboxylic acids is 1. The molecule has 1 heterocycles. The smallest absolute Gasteiger partial charge is 0.408 e. The minimum Gasteiger partial charge on any atom is -0.497 e. The number of carbonyl (C=O) groups is 2. The van der Waals surface area contributed by atoms with Gasteiger partial charge in [-0.1, -0.05) is 0 Å². The standard InChI is InChI=1S/C17H22N2O5/c1-17(2,3)24-16(22)19-14(15(20)21)7-10-9-18-13-8-11(23-4)5-6-12(10)13/h5-6,8-9,14,18H,7H2,1-4H3,(H,19,22)(H,20,21). The third-order valence-electron chi connectivity index (χ3n) is 3.39. The van der Waals surface area contributed by atoms with Gasteiger partial charge in [0.1, 0.15) is 17.4 Å². The molecule has 0 aliphatic rings. The lowest BCUT2D eigenvalue weighted by Gasteiger charge is -2.22. The molecule has 0 aliphatic carbocycles. The maximum absolute atomic E-state index is 11.8. The Hall–Kier alpha value is -2.70. The third-order valence-corrected chi connectivity index (χ3v) is 3.39. The number of aliphatic carboxylic acids is 1. The Labute approximate surface area is 140 Å². The zero-order valence-electron chi connectivity index (χ0n) is 14.2. The average Bonchev–Trinajstić information content (AvgIpc) is 2.86. The van der Waals surface area contributed by atoms with E-state index in [0.717, 1.165) is 16.5 Å². The van der Waals surface area contributed by atoms with Crippen molar-refractivity contribution in [3.05, 3.63) is 30.0 Å². The van der Waals surface area contributed by atoms with Crippen LogP contribution in [0.15, 0.2) is 24.4 Å². The van der Waals surface area contributed by atoms with E-state index >= 15 is 0 Å². The van der Waals surface area contributed by atoms with Crippen LogP contribution in [0.25, 0.3) is 10.9 Å². The predicted molar refractivity (Wildman–Crippen MR) is 89.3 cm³/mol. The largest absolute Gasteiger partial charge is 0.497 e. The number of methoxy groups -OCH3 is 1. The summed E-state index contributed by atoms with van der Waals surface area (Å²) in [6.07, 6.45) is 1.12. The average molecular weight is 334 g/mol. The van der Waals surface area contributed by atoms with Gasteiger partial charge in [0.2, 0.25) is 0 Å². The van der Waals surface area contributed by atoms with Crippen molar-refractivity contribution in [2.45, 2.75) is 38.8 Å². The van der Waals surface area contributed by atoms with Crippen LogP contribution in [0.4, 0.5) is 4.79 Å². The first-order valence-corrected chi connectivity index (χ1v) is 7.56. The summed E-state index contributed by atoms with van der Waals surface area (Å²) < 4.78 is 10.3. The molecule has 0 fully saturated rings. The molecule has 0 saturated carbocycles. The molecule has 0 radical (unpaired) electrons. The summed E-state index contributed by atoms with van der Waals surface area (Å²) in [5.41, 5.74) is 0.937. The topological polar surface area (TPSA) is 101 Å². The van der Waals surface area contributed by atoms with E-state index in [4.69, 9.17) is 9.47 Å². The summed E-state index contributed by atoms with van der Waals surface area (Å²) in [5.74, 6) is -0.415. The Balaban J connectivity index is 2.16. The molecule has 3 N–H and O–H groups in total. The summed E-state index contributed by atoms with van der Waals surface area (Å²) in [5, 5.41) is 12.7. The number of nitrogens with one attached hydrogen (secondary N) is 2. The fourth-order valence-electron chi connectivity index (χ4n) is 2.33. The van der Waals surface area contributed by atoms with E-state index in [9.17, 15) is 14.7 Å². The third kappa shape index (κ3) is 4.41. The molecule has 0 saturated heterocycles. The van der Waals surface area contributed by atoms with Gasteiger partial charge in [-0.25, -0.2) is 9.59 Å². The van der Waals surface area contributed by atoms with Crippen molar-refractivity contribution < 1.29 is 24.2 Å². The van der Waals surface area contributed by atoms with Crippen LogP contribution in [-0.2, 0) is 16.0 Å². The maximum atomic E-state index is 11.8. The molecule has 130 valence electrons. The summed E-state index contributed by atoms with van der Waals surface area (Å²) in [4.78, 5) is 26.4. The van der Waals surface area contributed by atoms with Gasteiger partial charge in [0.05, 0.1) is 7.11 Å². The van der Waals surface area contributed by atoms with Crippen LogP contribution >= 0.6 is 0 Å². The monoisotopic (exact) mass is 334 g/mol. The second-order valence-electron chi connectivity index (χ2n) is 6.47. The number of aromatic amines is 1. The molecule has 2 aromatic rings. The molecule has 0 bridgehead atoms. The van der Waals surface area contributed by atoms with Crippen molar-refractivity contribution in [2.24, 2.45) is 0 Å². The summed E-state index contributed by atoms with van der Waals surface area (Å²) in [6.45, 7) is 5.15. The van der Waals surface area contributed by atoms with Gasteiger partial charge in [-0.05, 0) is 38.5 Å². The summed E-state index contributed by atoms with van der Waals surface area (Å²) in [6, 6.07) is 4.40. The Bertz CT molecular complexity index is 745. The molecule has 1 atom stereocenters. The van der Waals surface area contributed by atoms with Crippen molar-refractivity contribution in [1.82, 2.24) is 10.3 Å². The van der Waals surface area contributed by atoms with Crippen LogP contribution in [0.1, 0.15) is 26.3 Å². The molecule has 2 rings (SSSR count). The lowest BCUT2D eigenvalue weighted by atomic mass is 10.1. The molecule has 7 heteroatoms. The molecular weight excluding hydrogens is 312 g/mol. The molecule has 1 amide bonds. The number of hydrogen-bond donors (Lipinski definition) is 3. The van der Waals surface area contributed by atoms with Gasteiger partial charge in [0, 0.05) is 29.6 Å². The molecule has 7 nitrogen and oxygen atoms in total. The quantitative estimate of drug-likeness (QED) is 0.780. The van der Waals surface area contributed by atoms with E-state index in [2.05, 4.69) is 10.3 Å². The Morgan fingerprint density at radius 1 is 1.33 bits per heavy atom. The highest BCUT2D eigenvalue weighted by molar-refractivity contribution is 5.86. The number of alkyl carbamates (subject to hydrolysis) is 1. The fraction of sp³-hybridized carbons (Fsp3) is 0.412. The highest BCUT2D eigenvalue weighted by atomic mass is 16.6. The van der Waals surface area contributed by atoms with Crippen molar-refractivity contribution in [1.29, 1.82) is 0 Å². The van der Waals surface area contributed by atoms with Gasteiger partial charge < -0.3 is 24.9 Å². The van der Waals surface area contributed by atoms with E-state index in [-0.39, 0.29) is 6.42 Å². The van der Waals surface area contributed by atoms with Gasteiger partial charge in [0.15, 0.2) is 0 Å². The van der Waals surface area contributed by atoms with Crippen LogP contribution in [0.5, 0.6) is 5.75 Å². The lowest BCUT2D eigenvalue weighted by molar-refractivity contribution is -0.139.